The molecule has 4 heteroatoms. The maximum absolute atomic E-state index is 11.7. The molecule has 1 rings (SSSR count). The van der Waals surface area contributed by atoms with Crippen LogP contribution in [0.15, 0.2) is 18.2 Å². The van der Waals surface area contributed by atoms with Crippen molar-refractivity contribution in [3.05, 3.63) is 34.3 Å². The second-order valence-electron chi connectivity index (χ2n) is 3.70. The van der Waals surface area contributed by atoms with Crippen molar-refractivity contribution in [1.29, 1.82) is 0 Å². The number of nitrogens with one attached hydrogen (secondary N) is 2. The van der Waals surface area contributed by atoms with Crippen molar-refractivity contribution in [2.24, 2.45) is 0 Å². The van der Waals surface area contributed by atoms with Gasteiger partial charge in [-0.2, -0.15) is 0 Å². The van der Waals surface area contributed by atoms with E-state index >= 15 is 0 Å². The van der Waals surface area contributed by atoms with E-state index in [4.69, 9.17) is 11.6 Å². The minimum Gasteiger partial charge on any atom is -0.352 e. The van der Waals surface area contributed by atoms with Gasteiger partial charge in [0.25, 0.3) is 5.91 Å². The van der Waals surface area contributed by atoms with Crippen molar-refractivity contribution in [1.82, 2.24) is 10.6 Å². The number of hydrogen-bond donors (Lipinski definition) is 2. The summed E-state index contributed by atoms with van der Waals surface area (Å²) in [4.78, 5) is 11.7. The Balaban J connectivity index is 2.53. The average Bonchev–Trinajstić information content (AvgIpc) is 2.24. The van der Waals surface area contributed by atoms with Crippen LogP contribution in [0.4, 0.5) is 0 Å². The largest absolute Gasteiger partial charge is 0.352 e. The van der Waals surface area contributed by atoms with Gasteiger partial charge in [0.1, 0.15) is 0 Å². The predicted octanol–water partition coefficient (Wildman–Crippen LogP) is 1.99. The van der Waals surface area contributed by atoms with E-state index in [2.05, 4.69) is 10.6 Å². The maximum Gasteiger partial charge on any atom is 0.252 e. The minimum atomic E-state index is -0.110. The summed E-state index contributed by atoms with van der Waals surface area (Å²) >= 11 is 5.99. The molecule has 3 nitrogen and oxygen atoms in total. The minimum absolute atomic E-state index is 0.110. The summed E-state index contributed by atoms with van der Waals surface area (Å²) in [5, 5.41) is 6.36. The van der Waals surface area contributed by atoms with E-state index in [-0.39, 0.29) is 5.91 Å². The molecular formula is C12H17ClN2O. The van der Waals surface area contributed by atoms with Crippen LogP contribution in [-0.4, -0.2) is 26.0 Å². The van der Waals surface area contributed by atoms with Gasteiger partial charge in [-0.05, 0) is 44.6 Å². The number of rotatable bonds is 5. The summed E-state index contributed by atoms with van der Waals surface area (Å²) < 4.78 is 0. The quantitative estimate of drug-likeness (QED) is 0.773. The standard InChI is InChI=1S/C12H17ClN2O/c1-9-4-5-10(11(13)8-9)12(16)15-7-3-6-14-2/h4-5,8,14H,3,6-7H2,1-2H3,(H,15,16). The highest BCUT2D eigenvalue weighted by Gasteiger charge is 2.08. The van der Waals surface area contributed by atoms with Gasteiger partial charge in [0.15, 0.2) is 0 Å². The van der Waals surface area contributed by atoms with Crippen molar-refractivity contribution < 1.29 is 4.79 Å². The van der Waals surface area contributed by atoms with E-state index in [1.54, 1.807) is 12.1 Å². The monoisotopic (exact) mass is 240 g/mol. The van der Waals surface area contributed by atoms with Crippen molar-refractivity contribution >= 4 is 17.5 Å². The van der Waals surface area contributed by atoms with E-state index in [1.807, 2.05) is 20.0 Å². The molecular weight excluding hydrogens is 224 g/mol. The molecule has 88 valence electrons. The van der Waals surface area contributed by atoms with Crippen molar-refractivity contribution in [3.63, 3.8) is 0 Å². The summed E-state index contributed by atoms with van der Waals surface area (Å²) in [6.45, 7) is 3.49. The van der Waals surface area contributed by atoms with Gasteiger partial charge in [0, 0.05) is 6.54 Å². The summed E-state index contributed by atoms with van der Waals surface area (Å²) in [6, 6.07) is 5.43. The second-order valence-corrected chi connectivity index (χ2v) is 4.10. The highest BCUT2D eigenvalue weighted by molar-refractivity contribution is 6.33. The molecule has 0 unspecified atom stereocenters. The average molecular weight is 241 g/mol. The number of carbonyl (C=O) groups excluding carboxylic acids is 1. The molecule has 0 heterocycles. The second kappa shape index (κ2) is 6.51. The summed E-state index contributed by atoms with van der Waals surface area (Å²) in [5.74, 6) is -0.110. The molecule has 1 aromatic carbocycles. The molecule has 2 N–H and O–H groups in total. The Hall–Kier alpha value is -1.06. The molecule has 0 fully saturated rings. The molecule has 1 amide bonds. The first-order valence-electron chi connectivity index (χ1n) is 5.34. The number of benzene rings is 1. The zero-order valence-corrected chi connectivity index (χ0v) is 10.4. The van der Waals surface area contributed by atoms with Gasteiger partial charge in [0.2, 0.25) is 0 Å². The predicted molar refractivity (Wildman–Crippen MR) is 67.1 cm³/mol. The maximum atomic E-state index is 11.7. The molecule has 0 bridgehead atoms. The van der Waals surface area contributed by atoms with Crippen molar-refractivity contribution in [2.75, 3.05) is 20.1 Å². The van der Waals surface area contributed by atoms with Crippen LogP contribution >= 0.6 is 11.6 Å². The Morgan fingerprint density at radius 2 is 2.12 bits per heavy atom. The molecule has 1 aromatic rings. The lowest BCUT2D eigenvalue weighted by atomic mass is 10.1. The van der Waals surface area contributed by atoms with E-state index < -0.39 is 0 Å². The smallest absolute Gasteiger partial charge is 0.252 e. The third-order valence-electron chi connectivity index (χ3n) is 2.26. The number of hydrogen-bond acceptors (Lipinski definition) is 2. The van der Waals surface area contributed by atoms with Crippen molar-refractivity contribution in [2.45, 2.75) is 13.3 Å². The SMILES string of the molecule is CNCCCNC(=O)c1ccc(C)cc1Cl. The molecule has 0 aliphatic carbocycles. The lowest BCUT2D eigenvalue weighted by molar-refractivity contribution is 0.0953. The van der Waals surface area contributed by atoms with Gasteiger partial charge < -0.3 is 10.6 Å². The van der Waals surface area contributed by atoms with Crippen LogP contribution in [-0.2, 0) is 0 Å². The Kier molecular flexibility index (Phi) is 5.29. The third-order valence-corrected chi connectivity index (χ3v) is 2.57. The fraction of sp³-hybridized carbons (Fsp3) is 0.417. The van der Waals surface area contributed by atoms with Gasteiger partial charge in [-0.15, -0.1) is 0 Å². The van der Waals surface area contributed by atoms with E-state index in [1.165, 1.54) is 0 Å². The molecule has 0 saturated heterocycles. The van der Waals surface area contributed by atoms with Crippen LogP contribution in [0.5, 0.6) is 0 Å². The lowest BCUT2D eigenvalue weighted by Gasteiger charge is -2.07. The zero-order chi connectivity index (χ0) is 12.0. The van der Waals surface area contributed by atoms with Crippen LogP contribution in [0.25, 0.3) is 0 Å². The highest BCUT2D eigenvalue weighted by atomic mass is 35.5. The number of amides is 1. The number of aryl methyl sites for hydroxylation is 1. The molecule has 0 aromatic heterocycles. The molecule has 0 spiro atoms. The van der Waals surface area contributed by atoms with Crippen LogP contribution < -0.4 is 10.6 Å². The Morgan fingerprint density at radius 1 is 1.38 bits per heavy atom. The van der Waals surface area contributed by atoms with E-state index in [0.717, 1.165) is 18.5 Å². The number of halogens is 1. The molecule has 0 radical (unpaired) electrons. The lowest BCUT2D eigenvalue weighted by Crippen LogP contribution is -2.26. The first kappa shape index (κ1) is 13.0. The molecule has 0 aliphatic heterocycles. The normalized spacial score (nSPS) is 10.2. The summed E-state index contributed by atoms with van der Waals surface area (Å²) in [6.07, 6.45) is 0.908. The zero-order valence-electron chi connectivity index (χ0n) is 9.64. The van der Waals surface area contributed by atoms with Crippen LogP contribution in [0.3, 0.4) is 0 Å². The fourth-order valence-corrected chi connectivity index (χ4v) is 1.69. The molecule has 0 saturated carbocycles. The third kappa shape index (κ3) is 3.83. The van der Waals surface area contributed by atoms with Crippen LogP contribution in [0.1, 0.15) is 22.3 Å². The summed E-state index contributed by atoms with van der Waals surface area (Å²) in [7, 11) is 1.89. The topological polar surface area (TPSA) is 41.1 Å². The number of carbonyl (C=O) groups is 1. The molecule has 0 aliphatic rings. The van der Waals surface area contributed by atoms with Crippen LogP contribution in [0, 0.1) is 6.92 Å². The van der Waals surface area contributed by atoms with Crippen LogP contribution in [0.2, 0.25) is 5.02 Å². The van der Waals surface area contributed by atoms with Gasteiger partial charge in [-0.3, -0.25) is 4.79 Å². The van der Waals surface area contributed by atoms with Crippen molar-refractivity contribution in [3.8, 4) is 0 Å². The Morgan fingerprint density at radius 3 is 2.75 bits per heavy atom. The molecule has 0 atom stereocenters. The van der Waals surface area contributed by atoms with Gasteiger partial charge >= 0.3 is 0 Å². The fourth-order valence-electron chi connectivity index (χ4n) is 1.37. The van der Waals surface area contributed by atoms with E-state index in [0.29, 0.717) is 17.1 Å². The van der Waals surface area contributed by atoms with Gasteiger partial charge in [0.05, 0.1) is 10.6 Å². The van der Waals surface area contributed by atoms with E-state index in [9.17, 15) is 4.79 Å². The Labute approximate surface area is 101 Å². The first-order chi connectivity index (χ1) is 7.65. The Bertz CT molecular complexity index is 366. The molecule has 16 heavy (non-hydrogen) atoms. The highest BCUT2D eigenvalue weighted by Crippen LogP contribution is 2.17. The first-order valence-corrected chi connectivity index (χ1v) is 5.72. The van der Waals surface area contributed by atoms with Gasteiger partial charge in [-0.1, -0.05) is 17.7 Å². The summed E-state index contributed by atoms with van der Waals surface area (Å²) in [5.41, 5.74) is 1.59. The van der Waals surface area contributed by atoms with Gasteiger partial charge in [-0.25, -0.2) is 0 Å².